The van der Waals surface area contributed by atoms with Gasteiger partial charge in [0.1, 0.15) is 12.4 Å². The van der Waals surface area contributed by atoms with Crippen LogP contribution in [-0.2, 0) is 16.0 Å². The summed E-state index contributed by atoms with van der Waals surface area (Å²) in [5.41, 5.74) is 1.51. The van der Waals surface area contributed by atoms with Crippen LogP contribution >= 0.6 is 0 Å². The molecule has 8 nitrogen and oxygen atoms in total. The van der Waals surface area contributed by atoms with Gasteiger partial charge in [0.25, 0.3) is 5.91 Å². The Hall–Kier alpha value is -3.10. The molecule has 2 aliphatic heterocycles. The molecular formula is C26H33N3O5. The predicted octanol–water partition coefficient (Wildman–Crippen LogP) is 3.31. The number of carbonyl (C=O) groups excluding carboxylic acids is 1. The summed E-state index contributed by atoms with van der Waals surface area (Å²) in [6.45, 7) is 8.78. The van der Waals surface area contributed by atoms with Crippen LogP contribution in [0, 0.1) is 0 Å². The lowest BCUT2D eigenvalue weighted by molar-refractivity contribution is 0.0507. The van der Waals surface area contributed by atoms with Gasteiger partial charge in [0.15, 0.2) is 11.5 Å². The van der Waals surface area contributed by atoms with Gasteiger partial charge in [-0.3, -0.25) is 4.79 Å². The lowest BCUT2D eigenvalue weighted by Gasteiger charge is -2.28. The van der Waals surface area contributed by atoms with E-state index in [1.54, 1.807) is 19.4 Å². The van der Waals surface area contributed by atoms with Gasteiger partial charge in [-0.1, -0.05) is 18.7 Å². The number of benzene rings is 1. The number of carbonyl (C=O) groups is 1. The van der Waals surface area contributed by atoms with E-state index in [1.807, 2.05) is 35.2 Å². The number of methoxy groups -OCH3 is 1. The van der Waals surface area contributed by atoms with Gasteiger partial charge in [-0.25, -0.2) is 4.98 Å². The first kappa shape index (κ1) is 24.0. The first-order valence-electron chi connectivity index (χ1n) is 11.8. The Balaban J connectivity index is 1.51. The van der Waals surface area contributed by atoms with Gasteiger partial charge in [0.2, 0.25) is 0 Å². The second-order valence-electron chi connectivity index (χ2n) is 8.41. The summed E-state index contributed by atoms with van der Waals surface area (Å²) in [6.07, 6.45) is 5.37. The molecule has 0 N–H and O–H groups in total. The predicted molar refractivity (Wildman–Crippen MR) is 130 cm³/mol. The van der Waals surface area contributed by atoms with E-state index in [0.29, 0.717) is 50.0 Å². The van der Waals surface area contributed by atoms with Crippen molar-refractivity contribution in [1.82, 2.24) is 9.88 Å². The number of hydrogen-bond donors (Lipinski definition) is 0. The molecule has 1 aromatic carbocycles. The quantitative estimate of drug-likeness (QED) is 0.497. The van der Waals surface area contributed by atoms with E-state index in [2.05, 4.69) is 16.5 Å². The second-order valence-corrected chi connectivity index (χ2v) is 8.41. The largest absolute Gasteiger partial charge is 0.493 e. The van der Waals surface area contributed by atoms with E-state index >= 15 is 0 Å². The van der Waals surface area contributed by atoms with Gasteiger partial charge < -0.3 is 28.7 Å². The fourth-order valence-electron chi connectivity index (χ4n) is 4.23. The van der Waals surface area contributed by atoms with Crippen LogP contribution in [-0.4, -0.2) is 75.1 Å². The molecule has 1 amide bonds. The third-order valence-corrected chi connectivity index (χ3v) is 6.02. The standard InChI is InChI=1S/C26H33N3O5/c1-3-12-34-23-8-6-20(16-24(23)31-2)18-29(19-22-5-4-13-33-22)26(30)21-7-9-25(27-17-21)28-10-14-32-15-11-28/h3,6-9,16-17,22H,1,4-5,10-15,18-19H2,2H3. The average Bonchev–Trinajstić information content (AvgIpc) is 3.41. The number of pyridine rings is 1. The topological polar surface area (TPSA) is 73.4 Å². The minimum absolute atomic E-state index is 0.0432. The zero-order valence-electron chi connectivity index (χ0n) is 19.8. The highest BCUT2D eigenvalue weighted by Gasteiger charge is 2.25. The van der Waals surface area contributed by atoms with Crippen LogP contribution in [0.2, 0.25) is 0 Å². The van der Waals surface area contributed by atoms with Gasteiger partial charge in [-0.2, -0.15) is 0 Å². The molecule has 8 heteroatoms. The Morgan fingerprint density at radius 2 is 2.09 bits per heavy atom. The third-order valence-electron chi connectivity index (χ3n) is 6.02. The number of nitrogens with zero attached hydrogens (tertiary/aromatic N) is 3. The monoisotopic (exact) mass is 467 g/mol. The van der Waals surface area contributed by atoms with Crippen molar-refractivity contribution in [3.05, 3.63) is 60.3 Å². The minimum Gasteiger partial charge on any atom is -0.493 e. The minimum atomic E-state index is -0.0671. The summed E-state index contributed by atoms with van der Waals surface area (Å²) in [5, 5.41) is 0. The van der Waals surface area contributed by atoms with E-state index in [9.17, 15) is 4.79 Å². The van der Waals surface area contributed by atoms with E-state index in [0.717, 1.165) is 43.9 Å². The first-order valence-corrected chi connectivity index (χ1v) is 11.8. The summed E-state index contributed by atoms with van der Waals surface area (Å²) >= 11 is 0. The Kier molecular flexibility index (Phi) is 8.38. The van der Waals surface area contributed by atoms with Gasteiger partial charge in [-0.15, -0.1) is 0 Å². The molecule has 1 unspecified atom stereocenters. The van der Waals surface area contributed by atoms with Gasteiger partial charge in [0, 0.05) is 39.0 Å². The molecule has 0 spiro atoms. The van der Waals surface area contributed by atoms with Gasteiger partial charge in [0.05, 0.1) is 32.0 Å². The summed E-state index contributed by atoms with van der Waals surface area (Å²) in [7, 11) is 1.61. The van der Waals surface area contributed by atoms with Gasteiger partial charge >= 0.3 is 0 Å². The van der Waals surface area contributed by atoms with E-state index < -0.39 is 0 Å². The maximum Gasteiger partial charge on any atom is 0.255 e. The van der Waals surface area contributed by atoms with Crippen molar-refractivity contribution >= 4 is 11.7 Å². The number of amides is 1. The van der Waals surface area contributed by atoms with Crippen LogP contribution in [0.4, 0.5) is 5.82 Å². The Labute approximate surface area is 201 Å². The molecule has 182 valence electrons. The van der Waals surface area contributed by atoms with Crippen molar-refractivity contribution in [3.63, 3.8) is 0 Å². The maximum absolute atomic E-state index is 13.5. The molecule has 4 rings (SSSR count). The fraction of sp³-hybridized carbons (Fsp3) is 0.462. The number of anilines is 1. The summed E-state index contributed by atoms with van der Waals surface area (Å²) in [6, 6.07) is 9.50. The van der Waals surface area contributed by atoms with E-state index in [1.165, 1.54) is 0 Å². The molecule has 1 aromatic heterocycles. The van der Waals surface area contributed by atoms with Crippen LogP contribution in [0.25, 0.3) is 0 Å². The van der Waals surface area contributed by atoms with Crippen LogP contribution in [0.15, 0.2) is 49.2 Å². The number of aromatic nitrogens is 1. The molecule has 2 aliphatic rings. The normalized spacial score (nSPS) is 17.9. The highest BCUT2D eigenvalue weighted by molar-refractivity contribution is 5.94. The molecule has 0 radical (unpaired) electrons. The number of morpholine rings is 1. The average molecular weight is 468 g/mol. The van der Waals surface area contributed by atoms with Crippen LogP contribution in [0.3, 0.4) is 0 Å². The summed E-state index contributed by atoms with van der Waals surface area (Å²) < 4.78 is 22.4. The molecule has 2 fully saturated rings. The van der Waals surface area contributed by atoms with E-state index in [4.69, 9.17) is 18.9 Å². The zero-order chi connectivity index (χ0) is 23.8. The molecule has 3 heterocycles. The van der Waals surface area contributed by atoms with Crippen molar-refractivity contribution in [2.45, 2.75) is 25.5 Å². The van der Waals surface area contributed by atoms with Crippen molar-refractivity contribution < 1.29 is 23.7 Å². The third kappa shape index (κ3) is 6.07. The number of hydrogen-bond acceptors (Lipinski definition) is 7. The van der Waals surface area contributed by atoms with Crippen molar-refractivity contribution in [2.24, 2.45) is 0 Å². The Morgan fingerprint density at radius 1 is 1.24 bits per heavy atom. The fourth-order valence-corrected chi connectivity index (χ4v) is 4.23. The molecule has 0 bridgehead atoms. The smallest absolute Gasteiger partial charge is 0.255 e. The molecule has 0 aliphatic carbocycles. The molecular weight excluding hydrogens is 434 g/mol. The van der Waals surface area contributed by atoms with Crippen molar-refractivity contribution in [1.29, 1.82) is 0 Å². The van der Waals surface area contributed by atoms with Gasteiger partial charge in [-0.05, 0) is 42.7 Å². The van der Waals surface area contributed by atoms with E-state index in [-0.39, 0.29) is 12.0 Å². The Morgan fingerprint density at radius 3 is 2.76 bits per heavy atom. The molecule has 1 atom stereocenters. The second kappa shape index (κ2) is 11.9. The summed E-state index contributed by atoms with van der Waals surface area (Å²) in [5.74, 6) is 2.07. The maximum atomic E-state index is 13.5. The SMILES string of the molecule is C=CCOc1ccc(CN(CC2CCCO2)C(=O)c2ccc(N3CCOCC3)nc2)cc1OC. The number of ether oxygens (including phenoxy) is 4. The molecule has 2 saturated heterocycles. The lowest BCUT2D eigenvalue weighted by Crippen LogP contribution is -2.38. The zero-order valence-corrected chi connectivity index (χ0v) is 19.8. The van der Waals surface area contributed by atoms with Crippen LogP contribution in [0.5, 0.6) is 11.5 Å². The van der Waals surface area contributed by atoms with Crippen LogP contribution in [0.1, 0.15) is 28.8 Å². The molecule has 34 heavy (non-hydrogen) atoms. The van der Waals surface area contributed by atoms with Crippen LogP contribution < -0.4 is 14.4 Å². The molecule has 0 saturated carbocycles. The highest BCUT2D eigenvalue weighted by atomic mass is 16.5. The van der Waals surface area contributed by atoms with Crippen molar-refractivity contribution in [3.8, 4) is 11.5 Å². The summed E-state index contributed by atoms with van der Waals surface area (Å²) in [4.78, 5) is 22.1. The Bertz CT molecular complexity index is 953. The highest BCUT2D eigenvalue weighted by Crippen LogP contribution is 2.29. The number of rotatable bonds is 10. The van der Waals surface area contributed by atoms with Crippen molar-refractivity contribution in [2.75, 3.05) is 58.1 Å². The first-order chi connectivity index (χ1) is 16.7. The molecule has 2 aromatic rings. The lowest BCUT2D eigenvalue weighted by atomic mass is 10.1.